The van der Waals surface area contributed by atoms with E-state index in [1.165, 1.54) is 0 Å². The Kier molecular flexibility index (Phi) is 4.51. The predicted molar refractivity (Wildman–Crippen MR) is 129 cm³/mol. The fraction of sp³-hybridized carbons (Fsp3) is 0.391. The number of benzene rings is 1. The van der Waals surface area contributed by atoms with Gasteiger partial charge < -0.3 is 20.4 Å². The van der Waals surface area contributed by atoms with E-state index in [0.717, 1.165) is 73.2 Å². The van der Waals surface area contributed by atoms with E-state index in [4.69, 9.17) is 15.7 Å². The second kappa shape index (κ2) is 7.45. The molecule has 0 unspecified atom stereocenters. The van der Waals surface area contributed by atoms with Crippen LogP contribution in [0.25, 0.3) is 11.2 Å². The van der Waals surface area contributed by atoms with Crippen LogP contribution in [0.15, 0.2) is 42.9 Å². The highest BCUT2D eigenvalue weighted by atomic mass is 15.4. The van der Waals surface area contributed by atoms with Gasteiger partial charge in [-0.2, -0.15) is 10.2 Å². The van der Waals surface area contributed by atoms with Crippen molar-refractivity contribution >= 4 is 39.9 Å². The highest BCUT2D eigenvalue weighted by Crippen LogP contribution is 2.41. The van der Waals surface area contributed by atoms with Crippen molar-refractivity contribution < 1.29 is 0 Å². The Labute approximate surface area is 192 Å². The van der Waals surface area contributed by atoms with Gasteiger partial charge in [-0.15, -0.1) is 0 Å². The summed E-state index contributed by atoms with van der Waals surface area (Å²) in [6.45, 7) is 5.48. The van der Waals surface area contributed by atoms with E-state index in [1.54, 1.807) is 0 Å². The van der Waals surface area contributed by atoms with Gasteiger partial charge in [0.05, 0.1) is 29.5 Å². The number of para-hydroxylation sites is 2. The molecule has 0 saturated carbocycles. The lowest BCUT2D eigenvalue weighted by atomic mass is 9.91. The maximum absolute atomic E-state index is 6.29. The molecule has 0 bridgehead atoms. The van der Waals surface area contributed by atoms with Crippen LogP contribution in [-0.4, -0.2) is 61.7 Å². The van der Waals surface area contributed by atoms with Crippen molar-refractivity contribution in [2.75, 3.05) is 40.9 Å². The first-order valence-electron chi connectivity index (χ1n) is 11.4. The summed E-state index contributed by atoms with van der Waals surface area (Å²) in [5.74, 6) is 1.67. The molecule has 1 fully saturated rings. The number of H-pyrrole nitrogens is 1. The summed E-state index contributed by atoms with van der Waals surface area (Å²) in [7, 11) is 1.94. The van der Waals surface area contributed by atoms with Crippen molar-refractivity contribution in [2.24, 2.45) is 12.8 Å². The fourth-order valence-corrected chi connectivity index (χ4v) is 4.76. The van der Waals surface area contributed by atoms with Gasteiger partial charge in [0.25, 0.3) is 0 Å². The third-order valence-electron chi connectivity index (χ3n) is 6.74. The minimum Gasteiger partial charge on any atom is -0.355 e. The number of nitrogens with one attached hydrogen (secondary N) is 1. The van der Waals surface area contributed by atoms with Gasteiger partial charge >= 0.3 is 0 Å². The quantitative estimate of drug-likeness (QED) is 0.497. The van der Waals surface area contributed by atoms with E-state index in [9.17, 15) is 0 Å². The summed E-state index contributed by atoms with van der Waals surface area (Å²) in [5.41, 5.74) is 11.0. The smallest absolute Gasteiger partial charge is 0.183 e. The summed E-state index contributed by atoms with van der Waals surface area (Å²) in [5, 5.41) is 12.1. The van der Waals surface area contributed by atoms with Crippen molar-refractivity contribution in [2.45, 2.75) is 25.3 Å². The summed E-state index contributed by atoms with van der Waals surface area (Å²) < 4.78 is 1.83. The van der Waals surface area contributed by atoms with Crippen molar-refractivity contribution in [3.8, 4) is 0 Å². The first-order valence-corrected chi connectivity index (χ1v) is 11.4. The summed E-state index contributed by atoms with van der Waals surface area (Å²) >= 11 is 0. The Hall–Kier alpha value is -3.66. The summed E-state index contributed by atoms with van der Waals surface area (Å²) in [6, 6.07) is 8.37. The number of hydrogen-bond donors (Lipinski definition) is 2. The SMILES string of the molecule is Cn1cc(N2CCN(c3n[nH]c4nc(N5CCC(C)(N)CC5)cnc34)c3ccccc32)cn1. The first kappa shape index (κ1) is 20.0. The number of rotatable bonds is 3. The predicted octanol–water partition coefficient (Wildman–Crippen LogP) is 2.69. The van der Waals surface area contributed by atoms with Crippen LogP contribution in [0.5, 0.6) is 0 Å². The average Bonchev–Trinajstić information content (AvgIpc) is 3.44. The van der Waals surface area contributed by atoms with Crippen molar-refractivity contribution in [1.82, 2.24) is 29.9 Å². The molecule has 0 radical (unpaired) electrons. The lowest BCUT2D eigenvalue weighted by molar-refractivity contribution is 0.363. The van der Waals surface area contributed by atoms with Gasteiger partial charge in [0, 0.05) is 45.0 Å². The number of fused-ring (bicyclic) bond motifs is 2. The van der Waals surface area contributed by atoms with Gasteiger partial charge in [0.2, 0.25) is 0 Å². The number of hydrogen-bond acceptors (Lipinski definition) is 8. The maximum Gasteiger partial charge on any atom is 0.183 e. The van der Waals surface area contributed by atoms with Crippen LogP contribution in [0.2, 0.25) is 0 Å². The Balaban J connectivity index is 1.33. The molecule has 0 aliphatic carbocycles. The standard InChI is InChI=1S/C23H28N10/c1-23(24)7-9-31(10-8-23)19-14-25-20-21(27-19)28-29-22(20)33-12-11-32(16-13-26-30(2)15-16)17-5-3-4-6-18(17)33/h3-6,13-15H,7-12,24H2,1-2H3,(H,27,28,29). The molecule has 3 aromatic heterocycles. The van der Waals surface area contributed by atoms with Crippen LogP contribution in [0, 0.1) is 0 Å². The molecular weight excluding hydrogens is 416 g/mol. The number of nitrogens with two attached hydrogens (primary N) is 1. The molecule has 170 valence electrons. The highest BCUT2D eigenvalue weighted by Gasteiger charge is 2.29. The maximum atomic E-state index is 6.29. The minimum absolute atomic E-state index is 0.0967. The van der Waals surface area contributed by atoms with Crippen LogP contribution < -0.4 is 20.4 Å². The van der Waals surface area contributed by atoms with Gasteiger partial charge in [-0.05, 0) is 31.9 Å². The Morgan fingerprint density at radius 2 is 1.73 bits per heavy atom. The van der Waals surface area contributed by atoms with Crippen LogP contribution >= 0.6 is 0 Å². The molecule has 2 aliphatic heterocycles. The number of nitrogens with zero attached hydrogens (tertiary/aromatic N) is 8. The van der Waals surface area contributed by atoms with Crippen molar-refractivity contribution in [3.63, 3.8) is 0 Å². The van der Waals surface area contributed by atoms with E-state index in [1.807, 2.05) is 30.3 Å². The van der Waals surface area contributed by atoms with Crippen LogP contribution in [0.3, 0.4) is 0 Å². The molecule has 1 saturated heterocycles. The Bertz CT molecular complexity index is 1300. The number of piperidine rings is 1. The van der Waals surface area contributed by atoms with Crippen LogP contribution in [-0.2, 0) is 7.05 Å². The molecule has 0 amide bonds. The van der Waals surface area contributed by atoms with Crippen molar-refractivity contribution in [1.29, 1.82) is 0 Å². The zero-order chi connectivity index (χ0) is 22.6. The first-order chi connectivity index (χ1) is 16.0. The molecule has 4 aromatic rings. The van der Waals surface area contributed by atoms with E-state index in [2.05, 4.69) is 61.2 Å². The number of anilines is 5. The highest BCUT2D eigenvalue weighted by molar-refractivity contribution is 5.91. The van der Waals surface area contributed by atoms with Gasteiger partial charge in [-0.3, -0.25) is 9.78 Å². The van der Waals surface area contributed by atoms with E-state index >= 15 is 0 Å². The van der Waals surface area contributed by atoms with Gasteiger partial charge in [0.15, 0.2) is 17.0 Å². The molecule has 5 heterocycles. The Morgan fingerprint density at radius 3 is 2.45 bits per heavy atom. The van der Waals surface area contributed by atoms with E-state index < -0.39 is 0 Å². The lowest BCUT2D eigenvalue weighted by Crippen LogP contribution is -2.48. The fourth-order valence-electron chi connectivity index (χ4n) is 4.76. The Morgan fingerprint density at radius 1 is 1.00 bits per heavy atom. The van der Waals surface area contributed by atoms with Gasteiger partial charge in [-0.1, -0.05) is 12.1 Å². The average molecular weight is 445 g/mol. The molecule has 0 spiro atoms. The second-order valence-electron chi connectivity index (χ2n) is 9.28. The number of aromatic nitrogens is 6. The molecule has 1 aromatic carbocycles. The monoisotopic (exact) mass is 444 g/mol. The minimum atomic E-state index is -0.0967. The third kappa shape index (κ3) is 3.46. The largest absolute Gasteiger partial charge is 0.355 e. The lowest BCUT2D eigenvalue weighted by Gasteiger charge is -2.37. The third-order valence-corrected chi connectivity index (χ3v) is 6.74. The zero-order valence-electron chi connectivity index (χ0n) is 18.9. The molecule has 33 heavy (non-hydrogen) atoms. The molecule has 2 aliphatic rings. The molecular formula is C23H28N10. The molecule has 3 N–H and O–H groups in total. The molecule has 6 rings (SSSR count). The normalized spacial score (nSPS) is 18.1. The second-order valence-corrected chi connectivity index (χ2v) is 9.28. The number of aryl methyl sites for hydroxylation is 1. The van der Waals surface area contributed by atoms with Gasteiger partial charge in [0.1, 0.15) is 5.82 Å². The van der Waals surface area contributed by atoms with Crippen molar-refractivity contribution in [3.05, 3.63) is 42.9 Å². The number of aromatic amines is 1. The zero-order valence-corrected chi connectivity index (χ0v) is 18.9. The summed E-state index contributed by atoms with van der Waals surface area (Å²) in [4.78, 5) is 16.4. The van der Waals surface area contributed by atoms with E-state index in [0.29, 0.717) is 5.65 Å². The summed E-state index contributed by atoms with van der Waals surface area (Å²) in [6.07, 6.45) is 7.69. The molecule has 10 heteroatoms. The van der Waals surface area contributed by atoms with E-state index in [-0.39, 0.29) is 5.54 Å². The molecule has 10 nitrogen and oxygen atoms in total. The topological polar surface area (TPSA) is 108 Å². The van der Waals surface area contributed by atoms with Crippen LogP contribution in [0.4, 0.5) is 28.7 Å². The van der Waals surface area contributed by atoms with Crippen LogP contribution in [0.1, 0.15) is 19.8 Å². The van der Waals surface area contributed by atoms with Gasteiger partial charge in [-0.25, -0.2) is 9.97 Å². The molecule has 0 atom stereocenters.